The van der Waals surface area contributed by atoms with Crippen LogP contribution < -0.4 is 0 Å². The van der Waals surface area contributed by atoms with Gasteiger partial charge >= 0.3 is 0 Å². The topological polar surface area (TPSA) is 30.7 Å². The monoisotopic (exact) mass is 163 g/mol. The molecule has 3 rings (SSSR count). The summed E-state index contributed by atoms with van der Waals surface area (Å²) in [7, 11) is 2.03. The number of aryl methyl sites for hydroxylation is 1. The predicted octanol–water partition coefficient (Wildman–Crippen LogP) is 1.47. The fourth-order valence-electron chi connectivity index (χ4n) is 2.41. The van der Waals surface area contributed by atoms with E-state index in [1.54, 1.807) is 6.33 Å². The smallest absolute Gasteiger partial charge is 0.135 e. The minimum Gasteiger partial charge on any atom is -0.320 e. The van der Waals surface area contributed by atoms with Crippen LogP contribution in [0.1, 0.15) is 37.4 Å². The van der Waals surface area contributed by atoms with Gasteiger partial charge in [-0.05, 0) is 31.1 Å². The molecule has 1 aromatic heterocycles. The summed E-state index contributed by atoms with van der Waals surface area (Å²) in [6.07, 6.45) is 7.44. The normalized spacial score (nSPS) is 25.8. The van der Waals surface area contributed by atoms with Crippen molar-refractivity contribution >= 4 is 0 Å². The van der Waals surface area contributed by atoms with E-state index in [0.29, 0.717) is 5.92 Å². The molecule has 0 atom stereocenters. The molecular formula is C9H13N3. The maximum atomic E-state index is 4.14. The summed E-state index contributed by atoms with van der Waals surface area (Å²) >= 11 is 0. The van der Waals surface area contributed by atoms with Gasteiger partial charge in [-0.25, -0.2) is 0 Å². The van der Waals surface area contributed by atoms with Crippen molar-refractivity contribution in [2.75, 3.05) is 0 Å². The quantitative estimate of drug-likeness (QED) is 0.627. The lowest BCUT2D eigenvalue weighted by atomic mass is 9.71. The molecule has 1 heterocycles. The SMILES string of the molecule is Cn1cnnc1C1CC2(CC2)C1. The van der Waals surface area contributed by atoms with Gasteiger partial charge in [0.1, 0.15) is 12.2 Å². The maximum Gasteiger partial charge on any atom is 0.135 e. The molecule has 3 heteroatoms. The molecule has 2 saturated carbocycles. The summed E-state index contributed by atoms with van der Waals surface area (Å²) in [5, 5.41) is 8.05. The Hall–Kier alpha value is -0.860. The Morgan fingerprint density at radius 1 is 1.50 bits per heavy atom. The number of hydrogen-bond acceptors (Lipinski definition) is 2. The molecule has 1 aromatic rings. The third-order valence-corrected chi connectivity index (χ3v) is 3.43. The average molecular weight is 163 g/mol. The van der Waals surface area contributed by atoms with E-state index in [9.17, 15) is 0 Å². The summed E-state index contributed by atoms with van der Waals surface area (Å²) in [5.41, 5.74) is 0.774. The van der Waals surface area contributed by atoms with Gasteiger partial charge in [0, 0.05) is 13.0 Å². The molecule has 0 unspecified atom stereocenters. The van der Waals surface area contributed by atoms with Gasteiger partial charge in [0.05, 0.1) is 0 Å². The van der Waals surface area contributed by atoms with Crippen LogP contribution in [0.4, 0.5) is 0 Å². The molecule has 64 valence electrons. The Balaban J connectivity index is 1.79. The van der Waals surface area contributed by atoms with E-state index >= 15 is 0 Å². The molecular weight excluding hydrogens is 150 g/mol. The molecule has 0 radical (unpaired) electrons. The van der Waals surface area contributed by atoms with Gasteiger partial charge in [-0.1, -0.05) is 0 Å². The highest BCUT2D eigenvalue weighted by molar-refractivity contribution is 5.14. The molecule has 0 amide bonds. The molecule has 1 spiro atoms. The molecule has 2 aliphatic carbocycles. The molecule has 0 aromatic carbocycles. The van der Waals surface area contributed by atoms with Crippen molar-refractivity contribution in [3.8, 4) is 0 Å². The predicted molar refractivity (Wildman–Crippen MR) is 44.6 cm³/mol. The van der Waals surface area contributed by atoms with Crippen molar-refractivity contribution in [2.24, 2.45) is 12.5 Å². The van der Waals surface area contributed by atoms with Crippen LogP contribution in [0.2, 0.25) is 0 Å². The number of rotatable bonds is 1. The number of hydrogen-bond donors (Lipinski definition) is 0. The van der Waals surface area contributed by atoms with Gasteiger partial charge in [-0.15, -0.1) is 10.2 Å². The van der Waals surface area contributed by atoms with Gasteiger partial charge in [0.25, 0.3) is 0 Å². The Bertz CT molecular complexity index is 303. The molecule has 12 heavy (non-hydrogen) atoms. The fraction of sp³-hybridized carbons (Fsp3) is 0.778. The van der Waals surface area contributed by atoms with Crippen LogP contribution in [0.5, 0.6) is 0 Å². The van der Waals surface area contributed by atoms with Gasteiger partial charge in [0.2, 0.25) is 0 Å². The summed E-state index contributed by atoms with van der Waals surface area (Å²) < 4.78 is 2.06. The first-order valence-electron chi connectivity index (χ1n) is 4.63. The van der Waals surface area contributed by atoms with Crippen molar-refractivity contribution < 1.29 is 0 Å². The van der Waals surface area contributed by atoms with Crippen LogP contribution in [-0.4, -0.2) is 14.8 Å². The van der Waals surface area contributed by atoms with Crippen molar-refractivity contribution in [2.45, 2.75) is 31.6 Å². The van der Waals surface area contributed by atoms with Gasteiger partial charge in [-0.2, -0.15) is 0 Å². The third-order valence-electron chi connectivity index (χ3n) is 3.43. The second-order valence-electron chi connectivity index (χ2n) is 4.41. The lowest BCUT2D eigenvalue weighted by molar-refractivity contribution is 0.225. The minimum absolute atomic E-state index is 0.708. The molecule has 0 bridgehead atoms. The third kappa shape index (κ3) is 0.765. The van der Waals surface area contributed by atoms with Crippen molar-refractivity contribution in [1.29, 1.82) is 0 Å². The molecule has 0 aliphatic heterocycles. The van der Waals surface area contributed by atoms with Crippen LogP contribution >= 0.6 is 0 Å². The van der Waals surface area contributed by atoms with Crippen LogP contribution in [-0.2, 0) is 7.05 Å². The first-order valence-corrected chi connectivity index (χ1v) is 4.63. The lowest BCUT2D eigenvalue weighted by Crippen LogP contribution is -2.25. The van der Waals surface area contributed by atoms with Crippen molar-refractivity contribution in [1.82, 2.24) is 14.8 Å². The Morgan fingerprint density at radius 2 is 2.25 bits per heavy atom. The summed E-state index contributed by atoms with van der Waals surface area (Å²) in [6.45, 7) is 0. The molecule has 0 N–H and O–H groups in total. The average Bonchev–Trinajstić information content (AvgIpc) is 2.68. The van der Waals surface area contributed by atoms with E-state index in [1.807, 2.05) is 7.05 Å². The zero-order valence-corrected chi connectivity index (χ0v) is 7.32. The maximum absolute atomic E-state index is 4.14. The molecule has 2 fully saturated rings. The van der Waals surface area contributed by atoms with Gasteiger partial charge < -0.3 is 4.57 Å². The summed E-state index contributed by atoms with van der Waals surface area (Å²) in [5.74, 6) is 1.90. The van der Waals surface area contributed by atoms with E-state index in [-0.39, 0.29) is 0 Å². The Kier molecular flexibility index (Phi) is 1.05. The largest absolute Gasteiger partial charge is 0.320 e. The molecule has 0 saturated heterocycles. The first kappa shape index (κ1) is 6.63. The highest BCUT2D eigenvalue weighted by atomic mass is 15.2. The van der Waals surface area contributed by atoms with Gasteiger partial charge in [-0.3, -0.25) is 0 Å². The van der Waals surface area contributed by atoms with E-state index < -0.39 is 0 Å². The summed E-state index contributed by atoms with van der Waals surface area (Å²) in [6, 6.07) is 0. The second kappa shape index (κ2) is 1.90. The second-order valence-corrected chi connectivity index (χ2v) is 4.41. The van der Waals surface area contributed by atoms with Crippen LogP contribution in [0.25, 0.3) is 0 Å². The molecule has 2 aliphatic rings. The van der Waals surface area contributed by atoms with E-state index in [1.165, 1.54) is 31.5 Å². The van der Waals surface area contributed by atoms with Crippen LogP contribution in [0.15, 0.2) is 6.33 Å². The zero-order valence-electron chi connectivity index (χ0n) is 7.32. The Labute approximate surface area is 71.8 Å². The van der Waals surface area contributed by atoms with Crippen LogP contribution in [0.3, 0.4) is 0 Å². The molecule has 3 nitrogen and oxygen atoms in total. The first-order chi connectivity index (χ1) is 5.79. The van der Waals surface area contributed by atoms with E-state index in [0.717, 1.165) is 5.41 Å². The van der Waals surface area contributed by atoms with E-state index in [4.69, 9.17) is 0 Å². The van der Waals surface area contributed by atoms with Crippen molar-refractivity contribution in [3.05, 3.63) is 12.2 Å². The highest BCUT2D eigenvalue weighted by Gasteiger charge is 2.54. The number of nitrogens with zero attached hydrogens (tertiary/aromatic N) is 3. The highest BCUT2D eigenvalue weighted by Crippen LogP contribution is 2.65. The number of aromatic nitrogens is 3. The minimum atomic E-state index is 0.708. The van der Waals surface area contributed by atoms with Crippen LogP contribution in [0, 0.1) is 5.41 Å². The standard InChI is InChI=1S/C9H13N3/c1-12-6-10-11-8(12)7-4-9(5-7)2-3-9/h6-7H,2-5H2,1H3. The van der Waals surface area contributed by atoms with Gasteiger partial charge in [0.15, 0.2) is 0 Å². The summed E-state index contributed by atoms with van der Waals surface area (Å²) in [4.78, 5) is 0. The van der Waals surface area contributed by atoms with Crippen molar-refractivity contribution in [3.63, 3.8) is 0 Å². The lowest BCUT2D eigenvalue weighted by Gasteiger charge is -2.34. The van der Waals surface area contributed by atoms with E-state index in [2.05, 4.69) is 14.8 Å². The Morgan fingerprint density at radius 3 is 2.75 bits per heavy atom. The zero-order chi connectivity index (χ0) is 8.18. The fourth-order valence-corrected chi connectivity index (χ4v) is 2.41.